The van der Waals surface area contributed by atoms with Crippen molar-refractivity contribution in [2.45, 2.75) is 13.0 Å². The summed E-state index contributed by atoms with van der Waals surface area (Å²) in [5.74, 6) is 7.25. The molecule has 1 unspecified atom stereocenters. The lowest BCUT2D eigenvalue weighted by molar-refractivity contribution is 0.171. The molecule has 2 aromatic rings. The van der Waals surface area contributed by atoms with Crippen LogP contribution in [0.1, 0.15) is 22.2 Å². The summed E-state index contributed by atoms with van der Waals surface area (Å²) in [6, 6.07) is 5.81. The lowest BCUT2D eigenvalue weighted by Crippen LogP contribution is -2.29. The number of rotatable bonds is 3. The van der Waals surface area contributed by atoms with Gasteiger partial charge in [-0.25, -0.2) is 10.4 Å². The molecular weight excluding hydrogens is 262 g/mol. The molecule has 0 saturated carbocycles. The Morgan fingerprint density at radius 3 is 2.79 bits per heavy atom. The van der Waals surface area contributed by atoms with E-state index in [0.717, 1.165) is 27.6 Å². The van der Waals surface area contributed by atoms with Crippen LogP contribution in [-0.4, -0.2) is 18.2 Å². The molecule has 6 heteroatoms. The number of ether oxygens (including phenoxy) is 2. The second kappa shape index (κ2) is 5.16. The Labute approximate surface area is 115 Å². The third-order valence-corrected chi connectivity index (χ3v) is 4.11. The molecule has 1 aromatic heterocycles. The van der Waals surface area contributed by atoms with Crippen LogP contribution in [0.25, 0.3) is 0 Å². The fourth-order valence-corrected chi connectivity index (χ4v) is 3.04. The van der Waals surface area contributed by atoms with Crippen molar-refractivity contribution < 1.29 is 9.47 Å². The lowest BCUT2D eigenvalue weighted by atomic mass is 10.0. The molecule has 1 aromatic carbocycles. The van der Waals surface area contributed by atoms with E-state index in [1.54, 1.807) is 11.3 Å². The van der Waals surface area contributed by atoms with E-state index in [1.807, 2.05) is 30.6 Å². The molecule has 100 valence electrons. The maximum Gasteiger partial charge on any atom is 0.161 e. The maximum absolute atomic E-state index is 5.70. The topological polar surface area (TPSA) is 69.4 Å². The van der Waals surface area contributed by atoms with Crippen molar-refractivity contribution in [1.29, 1.82) is 0 Å². The first-order valence-corrected chi connectivity index (χ1v) is 6.93. The number of fused-ring (bicyclic) bond motifs is 1. The smallest absolute Gasteiger partial charge is 0.161 e. The third kappa shape index (κ3) is 2.30. The van der Waals surface area contributed by atoms with Crippen LogP contribution in [0, 0.1) is 6.92 Å². The van der Waals surface area contributed by atoms with Crippen LogP contribution in [0.15, 0.2) is 23.7 Å². The van der Waals surface area contributed by atoms with Crippen molar-refractivity contribution in [1.82, 2.24) is 10.4 Å². The average Bonchev–Trinajstić information content (AvgIpc) is 2.86. The van der Waals surface area contributed by atoms with Crippen LogP contribution >= 0.6 is 11.3 Å². The summed E-state index contributed by atoms with van der Waals surface area (Å²) in [6.45, 7) is 3.16. The number of thiazole rings is 1. The van der Waals surface area contributed by atoms with Crippen LogP contribution in [0.2, 0.25) is 0 Å². The summed E-state index contributed by atoms with van der Waals surface area (Å²) in [4.78, 5) is 5.38. The van der Waals surface area contributed by atoms with Crippen LogP contribution in [0.3, 0.4) is 0 Å². The van der Waals surface area contributed by atoms with Crippen LogP contribution < -0.4 is 20.7 Å². The summed E-state index contributed by atoms with van der Waals surface area (Å²) in [5.41, 5.74) is 6.70. The highest BCUT2D eigenvalue weighted by molar-refractivity contribution is 7.09. The molecule has 0 amide bonds. The average molecular weight is 277 g/mol. The monoisotopic (exact) mass is 277 g/mol. The van der Waals surface area contributed by atoms with Gasteiger partial charge in [0.05, 0.1) is 22.1 Å². The van der Waals surface area contributed by atoms with Crippen molar-refractivity contribution in [3.8, 4) is 11.5 Å². The zero-order chi connectivity index (χ0) is 13.2. The molecule has 0 aliphatic carbocycles. The predicted octanol–water partition coefficient (Wildman–Crippen LogP) is 1.78. The Kier molecular flexibility index (Phi) is 3.37. The first kappa shape index (κ1) is 12.4. The SMILES string of the molecule is Cc1ncsc1C(NN)c1ccc2c(c1)OCCO2. The Morgan fingerprint density at radius 1 is 1.32 bits per heavy atom. The third-order valence-electron chi connectivity index (χ3n) is 3.11. The highest BCUT2D eigenvalue weighted by Gasteiger charge is 2.20. The van der Waals surface area contributed by atoms with Gasteiger partial charge in [-0.3, -0.25) is 5.84 Å². The number of hydrazine groups is 1. The van der Waals surface area contributed by atoms with Gasteiger partial charge < -0.3 is 9.47 Å². The van der Waals surface area contributed by atoms with E-state index < -0.39 is 0 Å². The number of hydrogen-bond donors (Lipinski definition) is 2. The molecule has 0 fully saturated rings. The van der Waals surface area contributed by atoms with Gasteiger partial charge in [-0.2, -0.15) is 0 Å². The van der Waals surface area contributed by atoms with Gasteiger partial charge in [0.1, 0.15) is 13.2 Å². The van der Waals surface area contributed by atoms with Crippen molar-refractivity contribution in [2.24, 2.45) is 5.84 Å². The molecular formula is C13H15N3O2S. The molecule has 0 radical (unpaired) electrons. The van der Waals surface area contributed by atoms with Crippen LogP contribution in [0.5, 0.6) is 11.5 Å². The number of nitrogens with two attached hydrogens (primary N) is 1. The number of nitrogens with one attached hydrogen (secondary N) is 1. The second-order valence-corrected chi connectivity index (χ2v) is 5.19. The summed E-state index contributed by atoms with van der Waals surface area (Å²) in [6.07, 6.45) is 0. The van der Waals surface area contributed by atoms with Crippen molar-refractivity contribution in [3.05, 3.63) is 39.8 Å². The standard InChI is InChI=1S/C13H15N3O2S/c1-8-13(19-7-15-8)12(16-14)9-2-3-10-11(6-9)18-5-4-17-10/h2-3,6-7,12,16H,4-5,14H2,1H3. The quantitative estimate of drug-likeness (QED) is 0.661. The molecule has 3 rings (SSSR count). The minimum Gasteiger partial charge on any atom is -0.486 e. The molecule has 1 aliphatic heterocycles. The highest BCUT2D eigenvalue weighted by Crippen LogP contribution is 2.35. The van der Waals surface area contributed by atoms with E-state index in [9.17, 15) is 0 Å². The van der Waals surface area contributed by atoms with Crippen molar-refractivity contribution in [2.75, 3.05) is 13.2 Å². The lowest BCUT2D eigenvalue weighted by Gasteiger charge is -2.21. The fourth-order valence-electron chi connectivity index (χ4n) is 2.15. The highest BCUT2D eigenvalue weighted by atomic mass is 32.1. The molecule has 0 saturated heterocycles. The Morgan fingerprint density at radius 2 is 2.11 bits per heavy atom. The molecule has 2 heterocycles. The summed E-state index contributed by atoms with van der Waals surface area (Å²) >= 11 is 1.59. The number of hydrogen-bond acceptors (Lipinski definition) is 6. The van der Waals surface area contributed by atoms with Crippen molar-refractivity contribution in [3.63, 3.8) is 0 Å². The van der Waals surface area contributed by atoms with Gasteiger partial charge in [0, 0.05) is 0 Å². The van der Waals surface area contributed by atoms with Crippen LogP contribution in [0.4, 0.5) is 0 Å². The largest absolute Gasteiger partial charge is 0.486 e. The van der Waals surface area contributed by atoms with Crippen LogP contribution in [-0.2, 0) is 0 Å². The van der Waals surface area contributed by atoms with E-state index in [0.29, 0.717) is 13.2 Å². The van der Waals surface area contributed by atoms with E-state index in [4.69, 9.17) is 15.3 Å². The number of nitrogens with zero attached hydrogens (tertiary/aromatic N) is 1. The maximum atomic E-state index is 5.70. The fraction of sp³-hybridized carbons (Fsp3) is 0.308. The predicted molar refractivity (Wildman–Crippen MR) is 73.4 cm³/mol. The summed E-state index contributed by atoms with van der Waals surface area (Å²) < 4.78 is 11.1. The normalized spacial score (nSPS) is 15.3. The van der Waals surface area contributed by atoms with Gasteiger partial charge >= 0.3 is 0 Å². The first-order chi connectivity index (χ1) is 9.29. The minimum atomic E-state index is -0.0803. The van der Waals surface area contributed by atoms with Gasteiger partial charge in [0.15, 0.2) is 11.5 Å². The Hall–Kier alpha value is -1.63. The first-order valence-electron chi connectivity index (χ1n) is 6.05. The Bertz CT molecular complexity index is 585. The number of benzene rings is 1. The zero-order valence-electron chi connectivity index (χ0n) is 10.6. The second-order valence-electron chi connectivity index (χ2n) is 4.30. The molecule has 0 bridgehead atoms. The summed E-state index contributed by atoms with van der Waals surface area (Å²) in [7, 11) is 0. The van der Waals surface area contributed by atoms with E-state index in [2.05, 4.69) is 10.4 Å². The molecule has 19 heavy (non-hydrogen) atoms. The van der Waals surface area contributed by atoms with E-state index in [-0.39, 0.29) is 6.04 Å². The van der Waals surface area contributed by atoms with Gasteiger partial charge in [0.2, 0.25) is 0 Å². The van der Waals surface area contributed by atoms with E-state index in [1.165, 1.54) is 0 Å². The minimum absolute atomic E-state index is 0.0803. The molecule has 5 nitrogen and oxygen atoms in total. The molecule has 0 spiro atoms. The van der Waals surface area contributed by atoms with Gasteiger partial charge in [-0.05, 0) is 24.6 Å². The molecule has 3 N–H and O–H groups in total. The number of aryl methyl sites for hydroxylation is 1. The number of aromatic nitrogens is 1. The molecule has 1 aliphatic rings. The van der Waals surface area contributed by atoms with Gasteiger partial charge in [-0.1, -0.05) is 6.07 Å². The van der Waals surface area contributed by atoms with Gasteiger partial charge in [-0.15, -0.1) is 11.3 Å². The summed E-state index contributed by atoms with van der Waals surface area (Å²) in [5, 5.41) is 0. The zero-order valence-corrected chi connectivity index (χ0v) is 11.4. The van der Waals surface area contributed by atoms with Gasteiger partial charge in [0.25, 0.3) is 0 Å². The Balaban J connectivity index is 1.98. The molecule has 1 atom stereocenters. The van der Waals surface area contributed by atoms with Crippen molar-refractivity contribution >= 4 is 11.3 Å². The van der Waals surface area contributed by atoms with E-state index >= 15 is 0 Å².